The van der Waals surface area contributed by atoms with E-state index in [-0.39, 0.29) is 11.5 Å². The van der Waals surface area contributed by atoms with E-state index in [1.165, 1.54) is 4.57 Å². The minimum atomic E-state index is -0.276. The van der Waals surface area contributed by atoms with Crippen LogP contribution >= 0.6 is 0 Å². The molecule has 8 nitrogen and oxygen atoms in total. The summed E-state index contributed by atoms with van der Waals surface area (Å²) in [6.45, 7) is 0.397. The summed E-state index contributed by atoms with van der Waals surface area (Å²) in [7, 11) is 0. The molecule has 0 spiro atoms. The molecule has 0 saturated heterocycles. The van der Waals surface area contributed by atoms with Gasteiger partial charge in [-0.25, -0.2) is 19.7 Å². The van der Waals surface area contributed by atoms with Crippen molar-refractivity contribution in [3.8, 4) is 11.6 Å². The van der Waals surface area contributed by atoms with Gasteiger partial charge in [-0.1, -0.05) is 30.3 Å². The van der Waals surface area contributed by atoms with Gasteiger partial charge in [0.15, 0.2) is 23.1 Å². The number of aromatic nitrogens is 6. The Morgan fingerprint density at radius 1 is 1.17 bits per heavy atom. The molecular weight excluding hydrogens is 294 g/mol. The lowest BCUT2D eigenvalue weighted by atomic mass is 10.2. The molecule has 4 N–H and O–H groups in total. The topological polar surface area (TPSA) is 118 Å². The molecule has 0 amide bonds. The quantitative estimate of drug-likeness (QED) is 0.524. The number of fused-ring (bicyclic) bond motifs is 1. The summed E-state index contributed by atoms with van der Waals surface area (Å²) in [4.78, 5) is 30.7. The highest BCUT2D eigenvalue weighted by atomic mass is 16.1. The van der Waals surface area contributed by atoms with Gasteiger partial charge in [0.25, 0.3) is 0 Å². The first-order valence-corrected chi connectivity index (χ1v) is 7.02. The number of nitrogens with zero attached hydrogens (tertiary/aromatic N) is 4. The van der Waals surface area contributed by atoms with Gasteiger partial charge in [-0.3, -0.25) is 4.57 Å². The number of imidazole rings is 2. The SMILES string of the molecule is Nc1nc(-c2ncc[nH]2)nc2c1[nH]c(=O)n2Cc1ccccc1. The molecule has 114 valence electrons. The Balaban J connectivity index is 1.90. The van der Waals surface area contributed by atoms with Crippen molar-refractivity contribution in [3.63, 3.8) is 0 Å². The first kappa shape index (κ1) is 13.3. The van der Waals surface area contributed by atoms with Crippen molar-refractivity contribution >= 4 is 17.0 Å². The van der Waals surface area contributed by atoms with Crippen molar-refractivity contribution < 1.29 is 0 Å². The zero-order chi connectivity index (χ0) is 15.8. The summed E-state index contributed by atoms with van der Waals surface area (Å²) < 4.78 is 1.54. The molecule has 0 aliphatic carbocycles. The second-order valence-electron chi connectivity index (χ2n) is 5.07. The predicted octanol–water partition coefficient (Wildman–Crippen LogP) is 1.14. The summed E-state index contributed by atoms with van der Waals surface area (Å²) in [6, 6.07) is 9.67. The summed E-state index contributed by atoms with van der Waals surface area (Å²) in [5.74, 6) is 1.06. The molecule has 0 saturated carbocycles. The van der Waals surface area contributed by atoms with Gasteiger partial charge in [0.05, 0.1) is 6.54 Å². The number of hydrogen-bond acceptors (Lipinski definition) is 5. The molecule has 0 radical (unpaired) electrons. The van der Waals surface area contributed by atoms with Gasteiger partial charge >= 0.3 is 5.69 Å². The van der Waals surface area contributed by atoms with Gasteiger partial charge in [0, 0.05) is 12.4 Å². The average Bonchev–Trinajstić information content (AvgIpc) is 3.19. The molecule has 4 rings (SSSR count). The number of hydrogen-bond donors (Lipinski definition) is 3. The number of H-pyrrole nitrogens is 2. The Hall–Kier alpha value is -3.42. The fourth-order valence-corrected chi connectivity index (χ4v) is 2.46. The van der Waals surface area contributed by atoms with Crippen molar-refractivity contribution in [2.45, 2.75) is 6.54 Å². The molecular formula is C15H13N7O. The van der Waals surface area contributed by atoms with E-state index < -0.39 is 0 Å². The number of rotatable bonds is 3. The maximum Gasteiger partial charge on any atom is 0.328 e. The molecule has 0 fully saturated rings. The van der Waals surface area contributed by atoms with Crippen LogP contribution in [0.4, 0.5) is 5.82 Å². The third-order valence-corrected chi connectivity index (χ3v) is 3.54. The molecule has 23 heavy (non-hydrogen) atoms. The summed E-state index contributed by atoms with van der Waals surface area (Å²) >= 11 is 0. The molecule has 1 aromatic carbocycles. The van der Waals surface area contributed by atoms with Gasteiger partial charge in [0.2, 0.25) is 0 Å². The van der Waals surface area contributed by atoms with E-state index in [0.29, 0.717) is 29.4 Å². The first-order chi connectivity index (χ1) is 11.2. The molecule has 3 heterocycles. The van der Waals surface area contributed by atoms with Crippen LogP contribution in [0.1, 0.15) is 5.56 Å². The van der Waals surface area contributed by atoms with Crippen LogP contribution in [0.15, 0.2) is 47.5 Å². The van der Waals surface area contributed by atoms with Crippen LogP contribution in [0.3, 0.4) is 0 Å². The predicted molar refractivity (Wildman–Crippen MR) is 85.7 cm³/mol. The molecule has 0 aliphatic rings. The number of aromatic amines is 2. The average molecular weight is 307 g/mol. The molecule has 8 heteroatoms. The maximum absolute atomic E-state index is 12.3. The van der Waals surface area contributed by atoms with Crippen LogP contribution in [0.2, 0.25) is 0 Å². The van der Waals surface area contributed by atoms with Crippen molar-refractivity contribution in [2.75, 3.05) is 5.73 Å². The van der Waals surface area contributed by atoms with Crippen LogP contribution in [0.5, 0.6) is 0 Å². The van der Waals surface area contributed by atoms with E-state index in [1.54, 1.807) is 12.4 Å². The van der Waals surface area contributed by atoms with Gasteiger partial charge in [-0.15, -0.1) is 0 Å². The lowest BCUT2D eigenvalue weighted by Gasteiger charge is -2.04. The lowest BCUT2D eigenvalue weighted by molar-refractivity contribution is 0.777. The van der Waals surface area contributed by atoms with E-state index in [2.05, 4.69) is 24.9 Å². The Morgan fingerprint density at radius 3 is 2.74 bits per heavy atom. The van der Waals surface area contributed by atoms with Gasteiger partial charge < -0.3 is 15.7 Å². The number of benzene rings is 1. The number of nitrogens with one attached hydrogen (secondary N) is 2. The maximum atomic E-state index is 12.3. The second-order valence-corrected chi connectivity index (χ2v) is 5.07. The Bertz CT molecular complexity index is 1020. The van der Waals surface area contributed by atoms with E-state index in [9.17, 15) is 4.79 Å². The van der Waals surface area contributed by atoms with Crippen molar-refractivity contribution in [3.05, 3.63) is 58.8 Å². The summed E-state index contributed by atoms with van der Waals surface area (Å²) in [5.41, 5.74) is 7.57. The minimum Gasteiger partial charge on any atom is -0.382 e. The third kappa shape index (κ3) is 2.26. The van der Waals surface area contributed by atoms with Gasteiger partial charge in [0.1, 0.15) is 5.52 Å². The molecule has 0 aliphatic heterocycles. The Labute approximate surface area is 130 Å². The summed E-state index contributed by atoms with van der Waals surface area (Å²) in [5, 5.41) is 0. The van der Waals surface area contributed by atoms with Crippen LogP contribution in [-0.4, -0.2) is 29.5 Å². The van der Waals surface area contributed by atoms with Gasteiger partial charge in [-0.05, 0) is 5.56 Å². The van der Waals surface area contributed by atoms with E-state index in [1.807, 2.05) is 30.3 Å². The van der Waals surface area contributed by atoms with Crippen LogP contribution in [0, 0.1) is 0 Å². The lowest BCUT2D eigenvalue weighted by Crippen LogP contribution is -2.17. The Kier molecular flexibility index (Phi) is 2.94. The van der Waals surface area contributed by atoms with E-state index in [4.69, 9.17) is 5.73 Å². The first-order valence-electron chi connectivity index (χ1n) is 7.02. The smallest absolute Gasteiger partial charge is 0.328 e. The van der Waals surface area contributed by atoms with Crippen LogP contribution in [0.25, 0.3) is 22.8 Å². The van der Waals surface area contributed by atoms with Gasteiger partial charge in [-0.2, -0.15) is 0 Å². The third-order valence-electron chi connectivity index (χ3n) is 3.54. The fraction of sp³-hybridized carbons (Fsp3) is 0.0667. The van der Waals surface area contributed by atoms with Crippen LogP contribution < -0.4 is 11.4 Å². The highest BCUT2D eigenvalue weighted by Crippen LogP contribution is 2.19. The van der Waals surface area contributed by atoms with Crippen molar-refractivity contribution in [2.24, 2.45) is 0 Å². The molecule has 4 aromatic rings. The minimum absolute atomic E-state index is 0.213. The molecule has 0 atom stereocenters. The van der Waals surface area contributed by atoms with Crippen molar-refractivity contribution in [1.82, 2.24) is 29.5 Å². The Morgan fingerprint density at radius 2 is 2.00 bits per heavy atom. The number of nitrogens with two attached hydrogens (primary N) is 1. The highest BCUT2D eigenvalue weighted by molar-refractivity contribution is 5.83. The summed E-state index contributed by atoms with van der Waals surface area (Å²) in [6.07, 6.45) is 3.28. The monoisotopic (exact) mass is 307 g/mol. The molecule has 0 bridgehead atoms. The standard InChI is InChI=1S/C15H13N7O/c16-11-10-14(21-13(20-11)12-17-6-7-18-12)22(15(23)19-10)8-9-4-2-1-3-5-9/h1-7H,8H2,(H,17,18)(H,19,23)(H2,16,20,21). The van der Waals surface area contributed by atoms with E-state index in [0.717, 1.165) is 5.56 Å². The fourth-order valence-electron chi connectivity index (χ4n) is 2.46. The normalized spacial score (nSPS) is 11.1. The largest absolute Gasteiger partial charge is 0.382 e. The highest BCUT2D eigenvalue weighted by Gasteiger charge is 2.15. The number of nitrogen functional groups attached to an aromatic ring is 1. The zero-order valence-corrected chi connectivity index (χ0v) is 12.0. The van der Waals surface area contributed by atoms with E-state index >= 15 is 0 Å². The van der Waals surface area contributed by atoms with Crippen molar-refractivity contribution in [1.29, 1.82) is 0 Å². The molecule has 3 aromatic heterocycles. The zero-order valence-electron chi connectivity index (χ0n) is 12.0. The molecule has 0 unspecified atom stereocenters. The second kappa shape index (κ2) is 5.09. The van der Waals surface area contributed by atoms with Crippen LogP contribution in [-0.2, 0) is 6.54 Å². The number of anilines is 1.